The molecule has 0 spiro atoms. The average molecular weight is 350 g/mol. The molecular formula is C15H14N2O6S. The Morgan fingerprint density at radius 1 is 1.12 bits per heavy atom. The number of carbonyl (C=O) groups is 4. The van der Waals surface area contributed by atoms with Gasteiger partial charge in [0, 0.05) is 12.7 Å². The Bertz CT molecular complexity index is 889. The molecule has 0 aromatic heterocycles. The number of nitrogens with zero attached hydrogens (tertiary/aromatic N) is 1. The van der Waals surface area contributed by atoms with E-state index in [-0.39, 0.29) is 29.7 Å². The second kappa shape index (κ2) is 5.52. The Kier molecular flexibility index (Phi) is 3.75. The van der Waals surface area contributed by atoms with Gasteiger partial charge in [0.05, 0.1) is 16.9 Å². The Labute approximate surface area is 137 Å². The maximum Gasteiger partial charge on any atom is 0.262 e. The minimum Gasteiger partial charge on any atom is -0.295 e. The molecule has 0 radical (unpaired) electrons. The van der Waals surface area contributed by atoms with E-state index in [0.717, 1.165) is 11.2 Å². The van der Waals surface area contributed by atoms with Crippen molar-refractivity contribution in [2.45, 2.75) is 24.6 Å². The van der Waals surface area contributed by atoms with Crippen molar-refractivity contribution in [1.29, 1.82) is 0 Å². The fraction of sp³-hybridized carbons (Fsp3) is 0.333. The number of fused-ring (bicyclic) bond motifs is 1. The van der Waals surface area contributed by atoms with Gasteiger partial charge in [-0.05, 0) is 24.1 Å². The summed E-state index contributed by atoms with van der Waals surface area (Å²) in [6, 6.07) is 3.19. The molecule has 1 unspecified atom stereocenters. The second-order valence-electron chi connectivity index (χ2n) is 5.90. The molecule has 8 nitrogen and oxygen atoms in total. The molecule has 24 heavy (non-hydrogen) atoms. The van der Waals surface area contributed by atoms with Crippen molar-refractivity contribution in [3.05, 3.63) is 34.9 Å². The number of rotatable bonds is 3. The van der Waals surface area contributed by atoms with Crippen molar-refractivity contribution in [1.82, 2.24) is 10.2 Å². The van der Waals surface area contributed by atoms with E-state index >= 15 is 0 Å². The molecule has 126 valence electrons. The smallest absolute Gasteiger partial charge is 0.262 e. The normalized spacial score (nSPS) is 21.0. The number of carbonyl (C=O) groups excluding carboxylic acids is 4. The van der Waals surface area contributed by atoms with E-state index < -0.39 is 39.5 Å². The lowest BCUT2D eigenvalue weighted by Crippen LogP contribution is -2.54. The maximum absolute atomic E-state index is 12.5. The molecule has 9 heteroatoms. The molecule has 1 saturated heterocycles. The summed E-state index contributed by atoms with van der Waals surface area (Å²) in [5.41, 5.74) is 0.593. The average Bonchev–Trinajstić information content (AvgIpc) is 2.70. The van der Waals surface area contributed by atoms with Crippen LogP contribution in [0.25, 0.3) is 0 Å². The highest BCUT2D eigenvalue weighted by atomic mass is 32.2. The fourth-order valence-electron chi connectivity index (χ4n) is 2.91. The summed E-state index contributed by atoms with van der Waals surface area (Å²) in [6.07, 6.45) is 1.19. The van der Waals surface area contributed by atoms with Gasteiger partial charge in [-0.3, -0.25) is 29.4 Å². The molecule has 3 rings (SSSR count). The Balaban J connectivity index is 1.94. The first-order chi connectivity index (χ1) is 11.2. The highest BCUT2D eigenvalue weighted by Crippen LogP contribution is 2.28. The predicted octanol–water partition coefficient (Wildman–Crippen LogP) is -0.368. The van der Waals surface area contributed by atoms with Crippen molar-refractivity contribution in [3.8, 4) is 0 Å². The van der Waals surface area contributed by atoms with Gasteiger partial charge in [-0.15, -0.1) is 0 Å². The molecule has 1 N–H and O–H groups in total. The summed E-state index contributed by atoms with van der Waals surface area (Å²) in [4.78, 5) is 49.0. The molecule has 2 aliphatic rings. The van der Waals surface area contributed by atoms with Gasteiger partial charge in [0.1, 0.15) is 6.04 Å². The number of imide groups is 2. The lowest BCUT2D eigenvalue weighted by atomic mass is 10.0. The van der Waals surface area contributed by atoms with Gasteiger partial charge < -0.3 is 0 Å². The first-order valence-corrected chi connectivity index (χ1v) is 9.25. The Morgan fingerprint density at radius 2 is 1.79 bits per heavy atom. The minimum atomic E-state index is -3.29. The van der Waals surface area contributed by atoms with E-state index in [9.17, 15) is 27.6 Å². The monoisotopic (exact) mass is 350 g/mol. The number of benzene rings is 1. The van der Waals surface area contributed by atoms with Crippen LogP contribution in [0, 0.1) is 0 Å². The van der Waals surface area contributed by atoms with Crippen LogP contribution in [-0.4, -0.2) is 49.2 Å². The highest BCUT2D eigenvalue weighted by molar-refractivity contribution is 7.89. The first kappa shape index (κ1) is 16.3. The van der Waals surface area contributed by atoms with E-state index in [1.807, 2.05) is 0 Å². The third-order valence-corrected chi connectivity index (χ3v) is 4.79. The van der Waals surface area contributed by atoms with E-state index in [0.29, 0.717) is 5.56 Å². The van der Waals surface area contributed by atoms with Crippen LogP contribution in [0.15, 0.2) is 18.2 Å². The van der Waals surface area contributed by atoms with Crippen LogP contribution in [0.5, 0.6) is 0 Å². The number of hydrogen-bond donors (Lipinski definition) is 1. The SMILES string of the molecule is CS(=O)(=O)Cc1ccc2c(c1)C(=O)N(C1CCC(=O)NC1=O)C2=O. The zero-order valence-corrected chi connectivity index (χ0v) is 13.6. The summed E-state index contributed by atoms with van der Waals surface area (Å²) in [5.74, 6) is -2.64. The molecule has 1 aromatic rings. The molecule has 1 atom stereocenters. The number of hydrogen-bond acceptors (Lipinski definition) is 6. The van der Waals surface area contributed by atoms with Gasteiger partial charge >= 0.3 is 0 Å². The van der Waals surface area contributed by atoms with Crippen LogP contribution < -0.4 is 5.32 Å². The predicted molar refractivity (Wildman–Crippen MR) is 81.7 cm³/mol. The van der Waals surface area contributed by atoms with Gasteiger partial charge in [-0.2, -0.15) is 0 Å². The maximum atomic E-state index is 12.5. The summed E-state index contributed by atoms with van der Waals surface area (Å²) in [7, 11) is -3.29. The van der Waals surface area contributed by atoms with Crippen molar-refractivity contribution >= 4 is 33.5 Å². The summed E-state index contributed by atoms with van der Waals surface area (Å²) < 4.78 is 22.8. The number of piperidine rings is 1. The molecule has 1 fully saturated rings. The molecular weight excluding hydrogens is 336 g/mol. The highest BCUT2D eigenvalue weighted by Gasteiger charge is 2.44. The fourth-order valence-corrected chi connectivity index (χ4v) is 3.70. The third-order valence-electron chi connectivity index (χ3n) is 3.93. The summed E-state index contributed by atoms with van der Waals surface area (Å²) in [5, 5.41) is 2.11. The summed E-state index contributed by atoms with van der Waals surface area (Å²) in [6.45, 7) is 0. The largest absolute Gasteiger partial charge is 0.295 e. The van der Waals surface area contributed by atoms with Crippen LogP contribution in [0.3, 0.4) is 0 Å². The molecule has 0 bridgehead atoms. The number of amides is 4. The van der Waals surface area contributed by atoms with Crippen LogP contribution in [0.4, 0.5) is 0 Å². The molecule has 1 aromatic carbocycles. The van der Waals surface area contributed by atoms with Gasteiger partial charge in [0.2, 0.25) is 11.8 Å². The van der Waals surface area contributed by atoms with Gasteiger partial charge in [-0.25, -0.2) is 8.42 Å². The molecule has 2 heterocycles. The van der Waals surface area contributed by atoms with Gasteiger partial charge in [-0.1, -0.05) is 6.07 Å². The topological polar surface area (TPSA) is 118 Å². The van der Waals surface area contributed by atoms with Crippen LogP contribution in [-0.2, 0) is 25.2 Å². The van der Waals surface area contributed by atoms with Crippen LogP contribution >= 0.6 is 0 Å². The first-order valence-electron chi connectivity index (χ1n) is 7.19. The number of sulfone groups is 1. The van der Waals surface area contributed by atoms with Crippen molar-refractivity contribution in [2.75, 3.05) is 6.26 Å². The Hall–Kier alpha value is -2.55. The van der Waals surface area contributed by atoms with E-state index in [1.165, 1.54) is 18.2 Å². The lowest BCUT2D eigenvalue weighted by Gasteiger charge is -2.27. The second-order valence-corrected chi connectivity index (χ2v) is 8.04. The van der Waals surface area contributed by atoms with Crippen molar-refractivity contribution in [3.63, 3.8) is 0 Å². The number of nitrogens with one attached hydrogen (secondary N) is 1. The molecule has 4 amide bonds. The lowest BCUT2D eigenvalue weighted by molar-refractivity contribution is -0.136. The van der Waals surface area contributed by atoms with Crippen molar-refractivity contribution in [2.24, 2.45) is 0 Å². The van der Waals surface area contributed by atoms with Gasteiger partial charge in [0.25, 0.3) is 11.8 Å². The quantitative estimate of drug-likeness (QED) is 0.743. The van der Waals surface area contributed by atoms with E-state index in [4.69, 9.17) is 0 Å². The Morgan fingerprint density at radius 3 is 2.42 bits per heavy atom. The third kappa shape index (κ3) is 2.82. The van der Waals surface area contributed by atoms with E-state index in [2.05, 4.69) is 5.32 Å². The zero-order valence-electron chi connectivity index (χ0n) is 12.7. The molecule has 0 aliphatic carbocycles. The van der Waals surface area contributed by atoms with Gasteiger partial charge in [0.15, 0.2) is 9.84 Å². The van der Waals surface area contributed by atoms with Crippen LogP contribution in [0.2, 0.25) is 0 Å². The molecule has 2 aliphatic heterocycles. The van der Waals surface area contributed by atoms with Crippen LogP contribution in [0.1, 0.15) is 39.1 Å². The van der Waals surface area contributed by atoms with Crippen molar-refractivity contribution < 1.29 is 27.6 Å². The standard InChI is InChI=1S/C15H14N2O6S/c1-24(22,23)7-8-2-3-9-10(6-8)15(21)17(14(9)20)11-4-5-12(18)16-13(11)19/h2-3,6,11H,4-5,7H2,1H3,(H,16,18,19). The van der Waals surface area contributed by atoms with E-state index in [1.54, 1.807) is 0 Å². The summed E-state index contributed by atoms with van der Waals surface area (Å²) >= 11 is 0. The minimum absolute atomic E-state index is 0.0448. The molecule has 0 saturated carbocycles. The zero-order chi connectivity index (χ0) is 17.6.